The highest BCUT2D eigenvalue weighted by molar-refractivity contribution is 5.56. The molecule has 1 rings (SSSR count). The predicted octanol–water partition coefficient (Wildman–Crippen LogP) is 19.7. The maximum absolute atomic E-state index is 11.5. The highest BCUT2D eigenvalue weighted by atomic mass is 16.3. The van der Waals surface area contributed by atoms with Crippen molar-refractivity contribution in [3.05, 3.63) is 22.8 Å². The van der Waals surface area contributed by atoms with Crippen molar-refractivity contribution in [2.24, 2.45) is 0 Å². The fraction of sp³-hybridized carbons (Fsp3) is 0.889. The molecule has 0 bridgehead atoms. The average Bonchev–Trinajstić information content (AvgIpc) is 3.19. The standard InChI is InChI=1S/C54H102O2/c1-7-10-13-16-19-22-25-28-31-34-37-40-43-47(4)50-46-51(55)54(56)53(49(6)45-42-39-36-33-30-27-24-21-18-15-12-9-3)52(50)48(5)44-41-38-35-32-29-26-23-20-17-14-11-8-2/h46-49,55-56H,7-45H2,1-6H3. The normalized spacial score (nSPS) is 13.4. The first-order valence-electron chi connectivity index (χ1n) is 26.0. The number of hydrogen-bond acceptors (Lipinski definition) is 2. The topological polar surface area (TPSA) is 40.5 Å². The smallest absolute Gasteiger partial charge is 0.161 e. The second kappa shape index (κ2) is 38.0. The van der Waals surface area contributed by atoms with Crippen molar-refractivity contribution in [1.29, 1.82) is 0 Å². The summed E-state index contributed by atoms with van der Waals surface area (Å²) in [5.74, 6) is 1.36. The molecule has 0 amide bonds. The van der Waals surface area contributed by atoms with Gasteiger partial charge in [0.15, 0.2) is 11.5 Å². The molecule has 0 saturated carbocycles. The molecule has 0 aromatic heterocycles. The Labute approximate surface area is 353 Å². The van der Waals surface area contributed by atoms with Gasteiger partial charge in [0.05, 0.1) is 0 Å². The van der Waals surface area contributed by atoms with E-state index in [1.165, 1.54) is 255 Å². The Hall–Kier alpha value is -1.18. The van der Waals surface area contributed by atoms with Crippen molar-refractivity contribution in [1.82, 2.24) is 0 Å². The number of phenolic OH excluding ortho intramolecular Hbond substituents is 2. The third-order valence-corrected chi connectivity index (χ3v) is 13.4. The first-order chi connectivity index (χ1) is 27.4. The van der Waals surface area contributed by atoms with E-state index in [1.54, 1.807) is 0 Å². The van der Waals surface area contributed by atoms with Crippen molar-refractivity contribution in [2.75, 3.05) is 0 Å². The number of phenols is 2. The van der Waals surface area contributed by atoms with Gasteiger partial charge >= 0.3 is 0 Å². The minimum atomic E-state index is 0.111. The highest BCUT2D eigenvalue weighted by Crippen LogP contribution is 2.47. The van der Waals surface area contributed by atoms with Crippen LogP contribution in [0, 0.1) is 0 Å². The molecule has 0 heterocycles. The quantitative estimate of drug-likeness (QED) is 0.0512. The van der Waals surface area contributed by atoms with Gasteiger partial charge in [0.2, 0.25) is 0 Å². The van der Waals surface area contributed by atoms with Gasteiger partial charge in [-0.25, -0.2) is 0 Å². The number of aromatic hydroxyl groups is 2. The predicted molar refractivity (Wildman–Crippen MR) is 252 cm³/mol. The summed E-state index contributed by atoms with van der Waals surface area (Å²) in [6, 6.07) is 1.97. The average molecular weight is 783 g/mol. The number of unbranched alkanes of at least 4 members (excludes halogenated alkanes) is 33. The van der Waals surface area contributed by atoms with Crippen molar-refractivity contribution in [3.8, 4) is 11.5 Å². The first kappa shape index (κ1) is 52.8. The summed E-state index contributed by atoms with van der Waals surface area (Å²) in [5, 5.41) is 22.7. The number of hydrogen-bond donors (Lipinski definition) is 2. The second-order valence-corrected chi connectivity index (χ2v) is 18.9. The summed E-state index contributed by atoms with van der Waals surface area (Å²) >= 11 is 0. The van der Waals surface area contributed by atoms with E-state index in [-0.39, 0.29) is 17.4 Å². The summed E-state index contributed by atoms with van der Waals surface area (Å²) in [6.45, 7) is 14.0. The van der Waals surface area contributed by atoms with Gasteiger partial charge in [-0.1, -0.05) is 273 Å². The van der Waals surface area contributed by atoms with Crippen LogP contribution in [-0.2, 0) is 0 Å². The van der Waals surface area contributed by atoms with E-state index >= 15 is 0 Å². The van der Waals surface area contributed by atoms with E-state index in [4.69, 9.17) is 0 Å². The molecular formula is C54H102O2. The van der Waals surface area contributed by atoms with Gasteiger partial charge < -0.3 is 10.2 Å². The van der Waals surface area contributed by atoms with Crippen molar-refractivity contribution in [2.45, 2.75) is 310 Å². The van der Waals surface area contributed by atoms with E-state index in [9.17, 15) is 10.2 Å². The Morgan fingerprint density at radius 1 is 0.321 bits per heavy atom. The zero-order valence-corrected chi connectivity index (χ0v) is 39.3. The third-order valence-electron chi connectivity index (χ3n) is 13.4. The third kappa shape index (κ3) is 26.7. The first-order valence-corrected chi connectivity index (χ1v) is 26.0. The summed E-state index contributed by atoms with van der Waals surface area (Å²) < 4.78 is 0. The minimum Gasteiger partial charge on any atom is -0.504 e. The largest absolute Gasteiger partial charge is 0.504 e. The van der Waals surface area contributed by atoms with E-state index in [1.807, 2.05) is 6.07 Å². The van der Waals surface area contributed by atoms with Crippen molar-refractivity contribution >= 4 is 0 Å². The molecule has 330 valence electrons. The second-order valence-electron chi connectivity index (χ2n) is 18.9. The maximum atomic E-state index is 11.5. The van der Waals surface area contributed by atoms with Crippen LogP contribution in [0.25, 0.3) is 0 Å². The Morgan fingerprint density at radius 3 is 0.839 bits per heavy atom. The molecule has 2 heteroatoms. The summed E-state index contributed by atoms with van der Waals surface area (Å²) in [5.41, 5.74) is 3.80. The molecule has 0 aliphatic rings. The lowest BCUT2D eigenvalue weighted by Crippen LogP contribution is -2.11. The minimum absolute atomic E-state index is 0.111. The van der Waals surface area contributed by atoms with Gasteiger partial charge in [0.25, 0.3) is 0 Å². The molecule has 0 saturated heterocycles. The van der Waals surface area contributed by atoms with Crippen molar-refractivity contribution in [3.63, 3.8) is 0 Å². The summed E-state index contributed by atoms with van der Waals surface area (Å²) in [7, 11) is 0. The molecular weight excluding hydrogens is 681 g/mol. The van der Waals surface area contributed by atoms with Crippen molar-refractivity contribution < 1.29 is 10.2 Å². The van der Waals surface area contributed by atoms with E-state index in [2.05, 4.69) is 41.5 Å². The van der Waals surface area contributed by atoms with Crippen LogP contribution in [0.2, 0.25) is 0 Å². The number of rotatable bonds is 42. The molecule has 0 spiro atoms. The monoisotopic (exact) mass is 783 g/mol. The Bertz CT molecular complexity index is 983. The molecule has 0 aliphatic carbocycles. The molecule has 3 atom stereocenters. The summed E-state index contributed by atoms with van der Waals surface area (Å²) in [4.78, 5) is 0. The molecule has 1 aromatic rings. The van der Waals surface area contributed by atoms with Crippen LogP contribution >= 0.6 is 0 Å². The van der Waals surface area contributed by atoms with Crippen LogP contribution in [0.3, 0.4) is 0 Å². The lowest BCUT2D eigenvalue weighted by atomic mass is 9.77. The van der Waals surface area contributed by atoms with Gasteiger partial charge in [0.1, 0.15) is 0 Å². The molecule has 3 unspecified atom stereocenters. The fourth-order valence-corrected chi connectivity index (χ4v) is 9.49. The Kier molecular flexibility index (Phi) is 35.9. The van der Waals surface area contributed by atoms with Crippen LogP contribution in [0.1, 0.15) is 326 Å². The fourth-order valence-electron chi connectivity index (χ4n) is 9.49. The van der Waals surface area contributed by atoms with E-state index < -0.39 is 0 Å². The summed E-state index contributed by atoms with van der Waals surface area (Å²) in [6.07, 6.45) is 53.0. The van der Waals surface area contributed by atoms with Gasteiger partial charge in [-0.05, 0) is 54.2 Å². The molecule has 0 fully saturated rings. The molecule has 0 radical (unpaired) electrons. The molecule has 2 N–H and O–H groups in total. The zero-order valence-electron chi connectivity index (χ0n) is 39.3. The lowest BCUT2D eigenvalue weighted by Gasteiger charge is -2.28. The molecule has 0 aliphatic heterocycles. The van der Waals surface area contributed by atoms with Crippen LogP contribution in [0.4, 0.5) is 0 Å². The molecule has 2 nitrogen and oxygen atoms in total. The van der Waals surface area contributed by atoms with Gasteiger partial charge in [-0.2, -0.15) is 0 Å². The van der Waals surface area contributed by atoms with Crippen LogP contribution in [0.15, 0.2) is 6.07 Å². The Morgan fingerprint density at radius 2 is 0.554 bits per heavy atom. The van der Waals surface area contributed by atoms with E-state index in [0.29, 0.717) is 11.8 Å². The van der Waals surface area contributed by atoms with Crippen LogP contribution < -0.4 is 0 Å². The zero-order chi connectivity index (χ0) is 40.9. The number of benzene rings is 1. The highest BCUT2D eigenvalue weighted by Gasteiger charge is 2.27. The molecule has 1 aromatic carbocycles. The Balaban J connectivity index is 2.73. The lowest BCUT2D eigenvalue weighted by molar-refractivity contribution is 0.390. The van der Waals surface area contributed by atoms with Gasteiger partial charge in [-0.3, -0.25) is 0 Å². The van der Waals surface area contributed by atoms with E-state index in [0.717, 1.165) is 12.0 Å². The SMILES string of the molecule is CCCCCCCCCCCCCCC(C)c1cc(O)c(O)c(C(C)CCCCCCCCCCCCCC)c1C(C)CCCCCCCCCCCCCC. The van der Waals surface area contributed by atoms with Gasteiger partial charge in [-0.15, -0.1) is 0 Å². The van der Waals surface area contributed by atoms with Gasteiger partial charge in [0, 0.05) is 5.56 Å². The van der Waals surface area contributed by atoms with Crippen LogP contribution in [-0.4, -0.2) is 10.2 Å². The maximum Gasteiger partial charge on any atom is 0.161 e. The van der Waals surface area contributed by atoms with Crippen LogP contribution in [0.5, 0.6) is 11.5 Å². The molecule has 56 heavy (non-hydrogen) atoms.